The van der Waals surface area contributed by atoms with Gasteiger partial charge in [0.1, 0.15) is 0 Å². The predicted molar refractivity (Wildman–Crippen MR) is 45.0 cm³/mol. The van der Waals surface area contributed by atoms with Gasteiger partial charge in [0.15, 0.2) is 0 Å². The summed E-state index contributed by atoms with van der Waals surface area (Å²) in [5.74, 6) is 0. The zero-order valence-electron chi connectivity index (χ0n) is 6.79. The average Bonchev–Trinajstić information content (AvgIpc) is 2.47. The van der Waals surface area contributed by atoms with Gasteiger partial charge in [0.25, 0.3) is 0 Å². The fourth-order valence-electron chi connectivity index (χ4n) is 1.50. The summed E-state index contributed by atoms with van der Waals surface area (Å²) in [6, 6.07) is 2.49. The van der Waals surface area contributed by atoms with E-state index >= 15 is 0 Å². The van der Waals surface area contributed by atoms with Crippen molar-refractivity contribution in [2.75, 3.05) is 13.1 Å². The standard InChI is InChI=1S/C9H14N2/c1-2-3-6-11-7-4-5-9(11)8-10/h2,9H,1,3-7H2. The highest BCUT2D eigenvalue weighted by molar-refractivity contribution is 4.96. The number of hydrogen-bond acceptors (Lipinski definition) is 2. The number of likely N-dealkylation sites (tertiary alicyclic amines) is 1. The highest BCUT2D eigenvalue weighted by Crippen LogP contribution is 2.15. The molecule has 0 saturated carbocycles. The van der Waals surface area contributed by atoms with Crippen molar-refractivity contribution >= 4 is 0 Å². The minimum absolute atomic E-state index is 0.176. The van der Waals surface area contributed by atoms with E-state index in [1.54, 1.807) is 0 Å². The van der Waals surface area contributed by atoms with Gasteiger partial charge in [0, 0.05) is 6.54 Å². The number of hydrogen-bond donors (Lipinski definition) is 0. The zero-order valence-corrected chi connectivity index (χ0v) is 6.79. The van der Waals surface area contributed by atoms with Crippen LogP contribution in [0.3, 0.4) is 0 Å². The molecule has 0 aromatic heterocycles. The second-order valence-corrected chi connectivity index (χ2v) is 2.90. The first-order chi connectivity index (χ1) is 5.38. The van der Waals surface area contributed by atoms with Gasteiger partial charge >= 0.3 is 0 Å². The van der Waals surface area contributed by atoms with E-state index in [1.807, 2.05) is 6.08 Å². The minimum Gasteiger partial charge on any atom is -0.288 e. The first-order valence-corrected chi connectivity index (χ1v) is 4.13. The number of nitriles is 1. The molecule has 0 N–H and O–H groups in total. The Labute approximate surface area is 68.1 Å². The van der Waals surface area contributed by atoms with E-state index in [4.69, 9.17) is 5.26 Å². The number of rotatable bonds is 3. The van der Waals surface area contributed by atoms with Crippen LogP contribution in [0.4, 0.5) is 0 Å². The van der Waals surface area contributed by atoms with Gasteiger partial charge in [-0.15, -0.1) is 6.58 Å². The SMILES string of the molecule is C=CCCN1CCCC1C#N. The largest absolute Gasteiger partial charge is 0.288 e. The van der Waals surface area contributed by atoms with Crippen LogP contribution in [0.25, 0.3) is 0 Å². The van der Waals surface area contributed by atoms with Crippen molar-refractivity contribution in [3.8, 4) is 6.07 Å². The molecule has 0 spiro atoms. The van der Waals surface area contributed by atoms with Gasteiger partial charge < -0.3 is 0 Å². The second-order valence-electron chi connectivity index (χ2n) is 2.90. The summed E-state index contributed by atoms with van der Waals surface area (Å²) >= 11 is 0. The van der Waals surface area contributed by atoms with Crippen molar-refractivity contribution in [1.82, 2.24) is 4.90 Å². The fraction of sp³-hybridized carbons (Fsp3) is 0.667. The van der Waals surface area contributed by atoms with Crippen molar-refractivity contribution in [2.24, 2.45) is 0 Å². The molecule has 1 heterocycles. The van der Waals surface area contributed by atoms with E-state index in [2.05, 4.69) is 17.5 Å². The Morgan fingerprint density at radius 2 is 2.55 bits per heavy atom. The molecule has 1 saturated heterocycles. The molecule has 1 aliphatic heterocycles. The maximum absolute atomic E-state index is 8.72. The third-order valence-corrected chi connectivity index (χ3v) is 2.13. The monoisotopic (exact) mass is 150 g/mol. The van der Waals surface area contributed by atoms with Gasteiger partial charge in [-0.2, -0.15) is 5.26 Å². The van der Waals surface area contributed by atoms with Crippen molar-refractivity contribution in [3.63, 3.8) is 0 Å². The molecule has 1 unspecified atom stereocenters. The van der Waals surface area contributed by atoms with Gasteiger partial charge in [-0.1, -0.05) is 6.08 Å². The first kappa shape index (κ1) is 8.29. The van der Waals surface area contributed by atoms with Crippen LogP contribution in [0.1, 0.15) is 19.3 Å². The Balaban J connectivity index is 2.32. The Morgan fingerprint density at radius 1 is 1.73 bits per heavy atom. The summed E-state index contributed by atoms with van der Waals surface area (Å²) in [6.07, 6.45) is 5.13. The molecule has 0 aliphatic carbocycles. The summed E-state index contributed by atoms with van der Waals surface area (Å²) in [5.41, 5.74) is 0. The van der Waals surface area contributed by atoms with E-state index in [1.165, 1.54) is 6.42 Å². The Bertz CT molecular complexity index is 169. The van der Waals surface area contributed by atoms with Gasteiger partial charge in [0.05, 0.1) is 12.1 Å². The molecule has 1 rings (SSSR count). The summed E-state index contributed by atoms with van der Waals surface area (Å²) in [5, 5.41) is 8.72. The topological polar surface area (TPSA) is 27.0 Å². The minimum atomic E-state index is 0.176. The molecule has 60 valence electrons. The molecule has 0 aromatic carbocycles. The molecule has 0 radical (unpaired) electrons. The fourth-order valence-corrected chi connectivity index (χ4v) is 1.50. The van der Waals surface area contributed by atoms with E-state index in [0.29, 0.717) is 0 Å². The normalized spacial score (nSPS) is 24.8. The van der Waals surface area contributed by atoms with Crippen LogP contribution in [0, 0.1) is 11.3 Å². The van der Waals surface area contributed by atoms with Crippen LogP contribution in [0.2, 0.25) is 0 Å². The van der Waals surface area contributed by atoms with Gasteiger partial charge in [-0.25, -0.2) is 0 Å². The maximum atomic E-state index is 8.72. The van der Waals surface area contributed by atoms with Crippen molar-refractivity contribution in [2.45, 2.75) is 25.3 Å². The van der Waals surface area contributed by atoms with Crippen LogP contribution in [-0.2, 0) is 0 Å². The summed E-state index contributed by atoms with van der Waals surface area (Å²) in [6.45, 7) is 5.75. The quantitative estimate of drug-likeness (QED) is 0.571. The lowest BCUT2D eigenvalue weighted by atomic mass is 10.2. The Morgan fingerprint density at radius 3 is 3.18 bits per heavy atom. The molecule has 0 bridgehead atoms. The van der Waals surface area contributed by atoms with Crippen molar-refractivity contribution in [3.05, 3.63) is 12.7 Å². The van der Waals surface area contributed by atoms with Gasteiger partial charge in [-0.05, 0) is 25.8 Å². The lowest BCUT2D eigenvalue weighted by Gasteiger charge is -2.17. The van der Waals surface area contributed by atoms with E-state index < -0.39 is 0 Å². The van der Waals surface area contributed by atoms with Crippen LogP contribution in [0.15, 0.2) is 12.7 Å². The molecule has 1 atom stereocenters. The predicted octanol–water partition coefficient (Wildman–Crippen LogP) is 1.55. The van der Waals surface area contributed by atoms with E-state index in [9.17, 15) is 0 Å². The molecule has 1 fully saturated rings. The smallest absolute Gasteiger partial charge is 0.0978 e. The molecular formula is C9H14N2. The summed E-state index contributed by atoms with van der Waals surface area (Å²) in [7, 11) is 0. The van der Waals surface area contributed by atoms with Crippen LogP contribution in [0.5, 0.6) is 0 Å². The molecule has 2 heteroatoms. The molecule has 0 aromatic rings. The highest BCUT2D eigenvalue weighted by Gasteiger charge is 2.22. The Hall–Kier alpha value is -0.810. The molecule has 11 heavy (non-hydrogen) atoms. The molecular weight excluding hydrogens is 136 g/mol. The van der Waals surface area contributed by atoms with Crippen molar-refractivity contribution in [1.29, 1.82) is 5.26 Å². The third kappa shape index (κ3) is 2.06. The lowest BCUT2D eigenvalue weighted by molar-refractivity contribution is 0.301. The Kier molecular flexibility index (Phi) is 3.13. The second kappa shape index (κ2) is 4.15. The lowest BCUT2D eigenvalue weighted by Crippen LogP contribution is -2.28. The summed E-state index contributed by atoms with van der Waals surface area (Å²) in [4.78, 5) is 2.24. The zero-order chi connectivity index (χ0) is 8.10. The van der Waals surface area contributed by atoms with Crippen molar-refractivity contribution < 1.29 is 0 Å². The van der Waals surface area contributed by atoms with Crippen LogP contribution in [-0.4, -0.2) is 24.0 Å². The van der Waals surface area contributed by atoms with E-state index in [-0.39, 0.29) is 6.04 Å². The van der Waals surface area contributed by atoms with Gasteiger partial charge in [-0.3, -0.25) is 4.90 Å². The van der Waals surface area contributed by atoms with Crippen LogP contribution >= 0.6 is 0 Å². The average molecular weight is 150 g/mol. The molecule has 1 aliphatic rings. The summed E-state index contributed by atoms with van der Waals surface area (Å²) < 4.78 is 0. The number of nitrogens with zero attached hydrogens (tertiary/aromatic N) is 2. The van der Waals surface area contributed by atoms with E-state index in [0.717, 1.165) is 25.9 Å². The van der Waals surface area contributed by atoms with Crippen LogP contribution < -0.4 is 0 Å². The van der Waals surface area contributed by atoms with Gasteiger partial charge in [0.2, 0.25) is 0 Å². The molecule has 0 amide bonds. The highest BCUT2D eigenvalue weighted by atomic mass is 15.2. The first-order valence-electron chi connectivity index (χ1n) is 4.13. The third-order valence-electron chi connectivity index (χ3n) is 2.13. The molecule has 2 nitrogen and oxygen atoms in total. The maximum Gasteiger partial charge on any atom is 0.0978 e.